The normalized spacial score (nSPS) is 10.7. The first-order valence-corrected chi connectivity index (χ1v) is 8.46. The van der Waals surface area contributed by atoms with Crippen molar-refractivity contribution in [1.82, 2.24) is 9.78 Å². The highest BCUT2D eigenvalue weighted by atomic mass is 127. The van der Waals surface area contributed by atoms with Gasteiger partial charge in [0.05, 0.1) is 10.6 Å². The highest BCUT2D eigenvalue weighted by Gasteiger charge is 2.16. The third kappa shape index (κ3) is 3.44. The minimum absolute atomic E-state index is 0.0604. The predicted octanol–water partition coefficient (Wildman–Crippen LogP) is 4.74. The van der Waals surface area contributed by atoms with E-state index in [9.17, 15) is 9.18 Å². The Morgan fingerprint density at radius 2 is 2.04 bits per heavy atom. The number of carbonyl (C=O) groups excluding carboxylic acids is 1. The summed E-state index contributed by atoms with van der Waals surface area (Å²) in [5.74, 6) is -0.772. The quantitative estimate of drug-likeness (QED) is 0.580. The van der Waals surface area contributed by atoms with Crippen LogP contribution < -0.4 is 5.32 Å². The van der Waals surface area contributed by atoms with Gasteiger partial charge in [-0.3, -0.25) is 9.48 Å². The molecule has 3 aromatic rings. The lowest BCUT2D eigenvalue weighted by atomic mass is 10.0. The number of aryl methyl sites for hydroxylation is 1. The molecule has 1 amide bonds. The van der Waals surface area contributed by atoms with Gasteiger partial charge in [0.1, 0.15) is 9.52 Å². The average molecular weight is 456 g/mol. The monoisotopic (exact) mass is 455 g/mol. The van der Waals surface area contributed by atoms with Crippen LogP contribution in [0, 0.1) is 9.52 Å². The SMILES string of the molecule is Cn1cc(C(=O)Nc2ccccc2-c2ccc(Cl)c(F)c2)c(I)n1. The van der Waals surface area contributed by atoms with Crippen LogP contribution in [0.2, 0.25) is 5.02 Å². The molecule has 2 aromatic carbocycles. The van der Waals surface area contributed by atoms with E-state index in [1.807, 2.05) is 34.7 Å². The highest BCUT2D eigenvalue weighted by Crippen LogP contribution is 2.30. The van der Waals surface area contributed by atoms with Crippen LogP contribution in [0.5, 0.6) is 0 Å². The molecule has 24 heavy (non-hydrogen) atoms. The molecule has 0 fully saturated rings. The van der Waals surface area contributed by atoms with E-state index in [4.69, 9.17) is 11.6 Å². The third-order valence-corrected chi connectivity index (χ3v) is 4.54. The fourth-order valence-electron chi connectivity index (χ4n) is 2.31. The number of aromatic nitrogens is 2. The van der Waals surface area contributed by atoms with Gasteiger partial charge in [0, 0.05) is 24.5 Å². The van der Waals surface area contributed by atoms with E-state index in [1.165, 1.54) is 12.1 Å². The fraction of sp³-hybridized carbons (Fsp3) is 0.0588. The number of benzene rings is 2. The van der Waals surface area contributed by atoms with Crippen molar-refractivity contribution < 1.29 is 9.18 Å². The smallest absolute Gasteiger partial charge is 0.259 e. The molecule has 0 unspecified atom stereocenters. The number of halogens is 3. The minimum Gasteiger partial charge on any atom is -0.321 e. The van der Waals surface area contributed by atoms with Crippen LogP contribution in [0.25, 0.3) is 11.1 Å². The number of rotatable bonds is 3. The van der Waals surface area contributed by atoms with Crippen LogP contribution in [0.4, 0.5) is 10.1 Å². The maximum atomic E-state index is 13.7. The molecule has 0 radical (unpaired) electrons. The van der Waals surface area contributed by atoms with E-state index in [0.717, 1.165) is 0 Å². The van der Waals surface area contributed by atoms with Gasteiger partial charge in [0.15, 0.2) is 0 Å². The second-order valence-electron chi connectivity index (χ2n) is 5.14. The molecule has 3 rings (SSSR count). The second kappa shape index (κ2) is 6.90. The summed E-state index contributed by atoms with van der Waals surface area (Å²) in [6.07, 6.45) is 1.65. The van der Waals surface area contributed by atoms with Crippen LogP contribution in [-0.2, 0) is 7.05 Å². The van der Waals surface area contributed by atoms with E-state index in [1.54, 1.807) is 36.1 Å². The van der Waals surface area contributed by atoms with Gasteiger partial charge < -0.3 is 5.32 Å². The maximum absolute atomic E-state index is 13.7. The number of amides is 1. The van der Waals surface area contributed by atoms with Crippen molar-refractivity contribution in [2.45, 2.75) is 0 Å². The molecular weight excluding hydrogens is 444 g/mol. The molecule has 7 heteroatoms. The number of para-hydroxylation sites is 1. The lowest BCUT2D eigenvalue weighted by Gasteiger charge is -2.11. The molecule has 0 aliphatic carbocycles. The van der Waals surface area contributed by atoms with Crippen molar-refractivity contribution in [3.05, 3.63) is 68.8 Å². The summed E-state index contributed by atoms with van der Waals surface area (Å²) in [5.41, 5.74) is 2.41. The van der Waals surface area contributed by atoms with Crippen LogP contribution in [-0.4, -0.2) is 15.7 Å². The molecule has 0 bridgehead atoms. The Bertz CT molecular complexity index is 926. The Hall–Kier alpha value is -1.93. The molecule has 122 valence electrons. The van der Waals surface area contributed by atoms with Crippen molar-refractivity contribution in [3.8, 4) is 11.1 Å². The summed E-state index contributed by atoms with van der Waals surface area (Å²) in [5, 5.41) is 7.08. The molecule has 1 heterocycles. The minimum atomic E-state index is -0.503. The van der Waals surface area contributed by atoms with E-state index in [-0.39, 0.29) is 10.9 Å². The summed E-state index contributed by atoms with van der Waals surface area (Å²) in [4.78, 5) is 12.5. The Balaban J connectivity index is 1.96. The molecule has 0 saturated heterocycles. The van der Waals surface area contributed by atoms with Gasteiger partial charge in [-0.15, -0.1) is 0 Å². The van der Waals surface area contributed by atoms with Gasteiger partial charge in [-0.25, -0.2) is 4.39 Å². The number of carbonyl (C=O) groups is 1. The summed E-state index contributed by atoms with van der Waals surface area (Å²) >= 11 is 7.75. The molecule has 0 atom stereocenters. The van der Waals surface area contributed by atoms with Crippen molar-refractivity contribution in [2.75, 3.05) is 5.32 Å². The topological polar surface area (TPSA) is 46.9 Å². The zero-order valence-electron chi connectivity index (χ0n) is 12.6. The van der Waals surface area contributed by atoms with Gasteiger partial charge in [-0.2, -0.15) is 5.10 Å². The molecule has 0 aliphatic heterocycles. The van der Waals surface area contributed by atoms with Gasteiger partial charge in [0.2, 0.25) is 0 Å². The Kier molecular flexibility index (Phi) is 4.86. The predicted molar refractivity (Wildman–Crippen MR) is 101 cm³/mol. The van der Waals surface area contributed by atoms with Crippen LogP contribution >= 0.6 is 34.2 Å². The number of anilines is 1. The van der Waals surface area contributed by atoms with Crippen molar-refractivity contribution in [3.63, 3.8) is 0 Å². The molecule has 0 spiro atoms. The molecule has 1 N–H and O–H groups in total. The number of nitrogens with one attached hydrogen (secondary N) is 1. The fourth-order valence-corrected chi connectivity index (χ4v) is 3.15. The first-order chi connectivity index (χ1) is 11.5. The Morgan fingerprint density at radius 1 is 1.29 bits per heavy atom. The van der Waals surface area contributed by atoms with Gasteiger partial charge >= 0.3 is 0 Å². The second-order valence-corrected chi connectivity index (χ2v) is 6.56. The summed E-state index contributed by atoms with van der Waals surface area (Å²) in [7, 11) is 1.75. The van der Waals surface area contributed by atoms with E-state index in [0.29, 0.717) is 26.1 Å². The van der Waals surface area contributed by atoms with E-state index in [2.05, 4.69) is 10.4 Å². The van der Waals surface area contributed by atoms with Crippen LogP contribution in [0.1, 0.15) is 10.4 Å². The summed E-state index contributed by atoms with van der Waals surface area (Å²) in [6.45, 7) is 0. The van der Waals surface area contributed by atoms with Gasteiger partial charge in [0.25, 0.3) is 5.91 Å². The third-order valence-electron chi connectivity index (χ3n) is 3.43. The molecular formula is C17H12ClFIN3O. The lowest BCUT2D eigenvalue weighted by molar-refractivity contribution is 0.102. The highest BCUT2D eigenvalue weighted by molar-refractivity contribution is 14.1. The van der Waals surface area contributed by atoms with E-state index < -0.39 is 5.82 Å². The first-order valence-electron chi connectivity index (χ1n) is 7.00. The molecule has 0 saturated carbocycles. The maximum Gasteiger partial charge on any atom is 0.259 e. The van der Waals surface area contributed by atoms with Crippen molar-refractivity contribution >= 4 is 45.8 Å². The van der Waals surface area contributed by atoms with Gasteiger partial charge in [-0.1, -0.05) is 35.9 Å². The van der Waals surface area contributed by atoms with Crippen molar-refractivity contribution in [1.29, 1.82) is 0 Å². The van der Waals surface area contributed by atoms with Gasteiger partial charge in [-0.05, 0) is 46.4 Å². The number of nitrogens with zero attached hydrogens (tertiary/aromatic N) is 2. The number of hydrogen-bond acceptors (Lipinski definition) is 2. The molecule has 4 nitrogen and oxygen atoms in total. The molecule has 1 aromatic heterocycles. The standard InChI is InChI=1S/C17H12ClFIN3O/c1-23-9-12(16(20)22-23)17(24)21-15-5-3-2-4-11(15)10-6-7-13(18)14(19)8-10/h2-9H,1H3,(H,21,24). The average Bonchev–Trinajstić information content (AvgIpc) is 2.89. The van der Waals surface area contributed by atoms with Crippen LogP contribution in [0.3, 0.4) is 0 Å². The largest absolute Gasteiger partial charge is 0.321 e. The van der Waals surface area contributed by atoms with E-state index >= 15 is 0 Å². The summed E-state index contributed by atoms with van der Waals surface area (Å²) < 4.78 is 15.9. The van der Waals surface area contributed by atoms with Crippen molar-refractivity contribution in [2.24, 2.45) is 7.05 Å². The molecule has 0 aliphatic rings. The Morgan fingerprint density at radius 3 is 2.71 bits per heavy atom. The lowest BCUT2D eigenvalue weighted by Crippen LogP contribution is -2.13. The zero-order valence-corrected chi connectivity index (χ0v) is 15.5. The summed E-state index contributed by atoms with van der Waals surface area (Å²) in [6, 6.07) is 11.8. The van der Waals surface area contributed by atoms with Crippen LogP contribution in [0.15, 0.2) is 48.7 Å². The Labute approximate surface area is 156 Å². The zero-order chi connectivity index (χ0) is 17.3. The number of hydrogen-bond donors (Lipinski definition) is 1. The first kappa shape index (κ1) is 16.9.